The highest BCUT2D eigenvalue weighted by atomic mass is 16.5. The van der Waals surface area contributed by atoms with Crippen molar-refractivity contribution < 1.29 is 19.4 Å². The van der Waals surface area contributed by atoms with Gasteiger partial charge in [-0.2, -0.15) is 0 Å². The first-order valence-corrected chi connectivity index (χ1v) is 8.74. The quantitative estimate of drug-likeness (QED) is 0.755. The van der Waals surface area contributed by atoms with Crippen molar-refractivity contribution in [3.8, 4) is 0 Å². The molecule has 0 aromatic carbocycles. The maximum absolute atomic E-state index is 12.5. The largest absolute Gasteiger partial charge is 0.469 e. The van der Waals surface area contributed by atoms with Crippen LogP contribution in [0.4, 0.5) is 0 Å². The Morgan fingerprint density at radius 1 is 1.35 bits per heavy atom. The molecule has 0 aliphatic heterocycles. The van der Waals surface area contributed by atoms with Gasteiger partial charge in [0.05, 0.1) is 18.6 Å². The van der Waals surface area contributed by atoms with E-state index >= 15 is 0 Å². The molecular formula is C19H28O4. The normalized spacial score (nSPS) is 49.3. The van der Waals surface area contributed by atoms with Crippen LogP contribution in [0.2, 0.25) is 0 Å². The highest BCUT2D eigenvalue weighted by molar-refractivity contribution is 5.92. The zero-order valence-electron chi connectivity index (χ0n) is 14.5. The van der Waals surface area contributed by atoms with Gasteiger partial charge >= 0.3 is 5.97 Å². The van der Waals surface area contributed by atoms with Crippen molar-refractivity contribution in [1.82, 2.24) is 0 Å². The number of hydrogen-bond donors (Lipinski definition) is 1. The van der Waals surface area contributed by atoms with Gasteiger partial charge < -0.3 is 9.84 Å². The number of ether oxygens (including phenoxy) is 1. The Bertz CT molecular complexity index is 554. The Balaban J connectivity index is 2.05. The fourth-order valence-electron chi connectivity index (χ4n) is 5.93. The highest BCUT2D eigenvalue weighted by Crippen LogP contribution is 2.63. The van der Waals surface area contributed by atoms with Crippen LogP contribution in [-0.2, 0) is 14.3 Å². The molecule has 23 heavy (non-hydrogen) atoms. The van der Waals surface area contributed by atoms with Crippen LogP contribution < -0.4 is 0 Å². The van der Waals surface area contributed by atoms with Crippen molar-refractivity contribution in [3.05, 3.63) is 12.2 Å². The van der Waals surface area contributed by atoms with E-state index in [0.717, 1.165) is 19.3 Å². The van der Waals surface area contributed by atoms with Gasteiger partial charge in [-0.15, -0.1) is 0 Å². The minimum Gasteiger partial charge on any atom is -0.469 e. The molecule has 128 valence electrons. The summed E-state index contributed by atoms with van der Waals surface area (Å²) in [5.74, 6) is -0.00885. The molecule has 4 heteroatoms. The number of esters is 1. The molecule has 2 saturated carbocycles. The number of fused-ring (bicyclic) bond motifs is 3. The molecule has 0 spiro atoms. The summed E-state index contributed by atoms with van der Waals surface area (Å²) in [4.78, 5) is 24.6. The van der Waals surface area contributed by atoms with E-state index in [1.807, 2.05) is 19.9 Å². The number of carbonyl (C=O) groups excluding carboxylic acids is 2. The second-order valence-corrected chi connectivity index (χ2v) is 8.28. The number of ketones is 1. The van der Waals surface area contributed by atoms with Gasteiger partial charge in [-0.25, -0.2) is 0 Å². The van der Waals surface area contributed by atoms with Crippen molar-refractivity contribution in [2.24, 2.45) is 34.5 Å². The Morgan fingerprint density at radius 3 is 2.70 bits per heavy atom. The molecule has 0 saturated heterocycles. The maximum atomic E-state index is 12.5. The molecule has 3 rings (SSSR count). The van der Waals surface area contributed by atoms with Crippen molar-refractivity contribution in [2.75, 3.05) is 7.11 Å². The van der Waals surface area contributed by atoms with Crippen LogP contribution >= 0.6 is 0 Å². The lowest BCUT2D eigenvalue weighted by Crippen LogP contribution is -2.60. The lowest BCUT2D eigenvalue weighted by Gasteiger charge is -2.60. The van der Waals surface area contributed by atoms with Crippen molar-refractivity contribution in [2.45, 2.75) is 52.6 Å². The van der Waals surface area contributed by atoms with Gasteiger partial charge in [0.25, 0.3) is 0 Å². The monoisotopic (exact) mass is 320 g/mol. The fourth-order valence-corrected chi connectivity index (χ4v) is 5.93. The summed E-state index contributed by atoms with van der Waals surface area (Å²) in [6, 6.07) is 0. The summed E-state index contributed by atoms with van der Waals surface area (Å²) in [6.45, 7) is 6.17. The average molecular weight is 320 g/mol. The lowest BCUT2D eigenvalue weighted by atomic mass is 9.43. The second kappa shape index (κ2) is 5.44. The molecule has 2 fully saturated rings. The number of carbonyl (C=O) groups is 2. The standard InChI is InChI=1S/C19H28O4/c1-11-13(20)7-6-12-16(11)14(21)10-15-18(12,2)8-5-9-19(15,3)17(22)23-4/h6-7,11-12,14-16,21H,5,8-10H2,1-4H3/t11-,12-,14+,15+,16-,18+,19+/m0/s1. The molecule has 0 amide bonds. The van der Waals surface area contributed by atoms with E-state index in [1.165, 1.54) is 7.11 Å². The maximum Gasteiger partial charge on any atom is 0.311 e. The zero-order chi connectivity index (χ0) is 17.0. The predicted octanol–water partition coefficient (Wildman–Crippen LogP) is 2.74. The minimum atomic E-state index is -0.549. The number of aliphatic hydroxyl groups excluding tert-OH is 1. The van der Waals surface area contributed by atoms with Crippen LogP contribution in [0.15, 0.2) is 12.2 Å². The average Bonchev–Trinajstić information content (AvgIpc) is 2.51. The van der Waals surface area contributed by atoms with E-state index in [2.05, 4.69) is 6.92 Å². The topological polar surface area (TPSA) is 63.6 Å². The summed E-state index contributed by atoms with van der Waals surface area (Å²) < 4.78 is 5.10. The molecule has 0 aromatic rings. The van der Waals surface area contributed by atoms with E-state index in [1.54, 1.807) is 6.08 Å². The van der Waals surface area contributed by atoms with E-state index in [9.17, 15) is 14.7 Å². The SMILES string of the molecule is COC(=O)[C@]1(C)CCC[C@@]2(C)[C@H]1C[C@@H](O)[C@H]1[C@@H](C)C(=O)C=C[C@@H]12. The number of aliphatic hydroxyl groups is 1. The molecule has 7 atom stereocenters. The van der Waals surface area contributed by atoms with Crippen LogP contribution in [0, 0.1) is 34.5 Å². The first-order chi connectivity index (χ1) is 10.8. The number of methoxy groups -OCH3 is 1. The van der Waals surface area contributed by atoms with Gasteiger partial charge in [-0.05, 0) is 49.5 Å². The van der Waals surface area contributed by atoms with E-state index in [4.69, 9.17) is 4.74 Å². The molecule has 3 aliphatic rings. The number of rotatable bonds is 1. The molecule has 0 aromatic heterocycles. The molecule has 0 bridgehead atoms. The van der Waals surface area contributed by atoms with Gasteiger partial charge in [-0.3, -0.25) is 9.59 Å². The summed E-state index contributed by atoms with van der Waals surface area (Å²) in [5.41, 5.74) is -0.622. The van der Waals surface area contributed by atoms with Gasteiger partial charge in [0, 0.05) is 11.8 Å². The summed E-state index contributed by atoms with van der Waals surface area (Å²) >= 11 is 0. The molecule has 0 heterocycles. The van der Waals surface area contributed by atoms with Crippen LogP contribution in [0.3, 0.4) is 0 Å². The zero-order valence-corrected chi connectivity index (χ0v) is 14.5. The van der Waals surface area contributed by atoms with Crippen molar-refractivity contribution in [3.63, 3.8) is 0 Å². The minimum absolute atomic E-state index is 0.0336. The molecule has 4 nitrogen and oxygen atoms in total. The number of hydrogen-bond acceptors (Lipinski definition) is 4. The fraction of sp³-hybridized carbons (Fsp3) is 0.789. The molecule has 0 radical (unpaired) electrons. The Kier molecular flexibility index (Phi) is 3.95. The predicted molar refractivity (Wildman–Crippen MR) is 86.5 cm³/mol. The van der Waals surface area contributed by atoms with Gasteiger partial charge in [0.15, 0.2) is 5.78 Å². The third kappa shape index (κ3) is 2.21. The van der Waals surface area contributed by atoms with Gasteiger partial charge in [0.1, 0.15) is 0 Å². The Morgan fingerprint density at radius 2 is 2.04 bits per heavy atom. The van der Waals surface area contributed by atoms with E-state index in [-0.39, 0.29) is 40.8 Å². The smallest absolute Gasteiger partial charge is 0.311 e. The second-order valence-electron chi connectivity index (χ2n) is 8.28. The molecule has 0 unspecified atom stereocenters. The third-order valence-electron chi connectivity index (χ3n) is 7.22. The third-order valence-corrected chi connectivity index (χ3v) is 7.22. The van der Waals surface area contributed by atoms with E-state index < -0.39 is 11.5 Å². The van der Waals surface area contributed by atoms with E-state index in [0.29, 0.717) is 6.42 Å². The first-order valence-electron chi connectivity index (χ1n) is 8.74. The van der Waals surface area contributed by atoms with Crippen LogP contribution in [-0.4, -0.2) is 30.1 Å². The summed E-state index contributed by atoms with van der Waals surface area (Å²) in [5, 5.41) is 10.8. The van der Waals surface area contributed by atoms with Gasteiger partial charge in [0.2, 0.25) is 0 Å². The Labute approximate surface area is 138 Å². The molecule has 3 aliphatic carbocycles. The summed E-state index contributed by atoms with van der Waals surface area (Å²) in [6.07, 6.45) is 6.56. The van der Waals surface area contributed by atoms with Crippen LogP contribution in [0.5, 0.6) is 0 Å². The molecule has 1 N–H and O–H groups in total. The summed E-state index contributed by atoms with van der Waals surface area (Å²) in [7, 11) is 1.45. The molecular weight excluding hydrogens is 292 g/mol. The number of allylic oxidation sites excluding steroid dienone is 2. The van der Waals surface area contributed by atoms with Crippen LogP contribution in [0.25, 0.3) is 0 Å². The lowest BCUT2D eigenvalue weighted by molar-refractivity contribution is -0.183. The van der Waals surface area contributed by atoms with Gasteiger partial charge in [-0.1, -0.05) is 26.3 Å². The van der Waals surface area contributed by atoms with Crippen LogP contribution in [0.1, 0.15) is 46.5 Å². The first kappa shape index (κ1) is 16.7. The Hall–Kier alpha value is -1.16. The van der Waals surface area contributed by atoms with Crippen molar-refractivity contribution >= 4 is 11.8 Å². The highest BCUT2D eigenvalue weighted by Gasteiger charge is 2.62. The van der Waals surface area contributed by atoms with Crippen molar-refractivity contribution in [1.29, 1.82) is 0 Å².